The van der Waals surface area contributed by atoms with E-state index in [0.717, 1.165) is 5.56 Å². The number of hydrogen-bond acceptors (Lipinski definition) is 3. The fraction of sp³-hybridized carbons (Fsp3) is 0.250. The average molecular weight is 258 g/mol. The number of hydrogen-bond donors (Lipinski definition) is 2. The second kappa shape index (κ2) is 5.33. The molecule has 0 saturated heterocycles. The van der Waals surface area contributed by atoms with Crippen LogP contribution in [0.25, 0.3) is 0 Å². The van der Waals surface area contributed by atoms with Crippen molar-refractivity contribution in [2.45, 2.75) is 26.1 Å². The number of para-hydroxylation sites is 1. The first-order chi connectivity index (χ1) is 8.98. The summed E-state index contributed by atoms with van der Waals surface area (Å²) in [4.78, 5) is 0. The molecule has 2 N–H and O–H groups in total. The molecule has 0 aromatic heterocycles. The van der Waals surface area contributed by atoms with E-state index < -0.39 is 5.60 Å². The Kier molecular flexibility index (Phi) is 3.76. The van der Waals surface area contributed by atoms with Gasteiger partial charge in [-0.2, -0.15) is 0 Å². The number of aliphatic hydroxyl groups is 1. The van der Waals surface area contributed by atoms with E-state index in [-0.39, 0.29) is 5.75 Å². The van der Waals surface area contributed by atoms with Gasteiger partial charge in [0.2, 0.25) is 0 Å². The molecule has 0 aliphatic heterocycles. The van der Waals surface area contributed by atoms with Crippen LogP contribution in [-0.2, 0) is 12.2 Å². The van der Waals surface area contributed by atoms with Crippen LogP contribution < -0.4 is 4.74 Å². The van der Waals surface area contributed by atoms with Gasteiger partial charge in [0.15, 0.2) is 11.5 Å². The number of rotatable bonds is 4. The number of ether oxygens (including phenoxy) is 1. The minimum atomic E-state index is -1.10. The molecule has 2 aromatic rings. The van der Waals surface area contributed by atoms with Crippen LogP contribution in [-0.4, -0.2) is 10.2 Å². The van der Waals surface area contributed by atoms with Gasteiger partial charge in [0.1, 0.15) is 6.61 Å². The van der Waals surface area contributed by atoms with E-state index in [1.165, 1.54) is 0 Å². The van der Waals surface area contributed by atoms with Gasteiger partial charge in [-0.05, 0) is 25.5 Å². The minimum absolute atomic E-state index is 0.00840. The number of benzene rings is 2. The Morgan fingerprint density at radius 1 is 1.00 bits per heavy atom. The summed E-state index contributed by atoms with van der Waals surface area (Å²) < 4.78 is 5.60. The third-order valence-electron chi connectivity index (χ3n) is 2.90. The Morgan fingerprint density at radius 2 is 1.68 bits per heavy atom. The minimum Gasteiger partial charge on any atom is -0.504 e. The van der Waals surface area contributed by atoms with Crippen LogP contribution in [0, 0.1) is 0 Å². The van der Waals surface area contributed by atoms with Gasteiger partial charge < -0.3 is 14.9 Å². The van der Waals surface area contributed by atoms with E-state index in [2.05, 4.69) is 0 Å². The van der Waals surface area contributed by atoms with Gasteiger partial charge in [0.25, 0.3) is 0 Å². The smallest absolute Gasteiger partial charge is 0.163 e. The van der Waals surface area contributed by atoms with Gasteiger partial charge in [-0.25, -0.2) is 0 Å². The van der Waals surface area contributed by atoms with Gasteiger partial charge in [-0.15, -0.1) is 0 Å². The first-order valence-electron chi connectivity index (χ1n) is 6.20. The Hall–Kier alpha value is -2.00. The van der Waals surface area contributed by atoms with Crippen LogP contribution in [0.2, 0.25) is 0 Å². The van der Waals surface area contributed by atoms with E-state index >= 15 is 0 Å². The molecule has 0 radical (unpaired) electrons. The van der Waals surface area contributed by atoms with E-state index in [4.69, 9.17) is 4.74 Å². The lowest BCUT2D eigenvalue weighted by molar-refractivity contribution is 0.0751. The molecule has 0 aliphatic carbocycles. The molecule has 0 bridgehead atoms. The summed E-state index contributed by atoms with van der Waals surface area (Å²) >= 11 is 0. The van der Waals surface area contributed by atoms with Crippen molar-refractivity contribution in [1.29, 1.82) is 0 Å². The standard InChI is InChI=1S/C16H18O3/c1-16(2,18)13-9-6-10-14(15(13)17)19-11-12-7-4-3-5-8-12/h3-10,17-18H,11H2,1-2H3. The van der Waals surface area contributed by atoms with E-state index in [1.807, 2.05) is 30.3 Å². The summed E-state index contributed by atoms with van der Waals surface area (Å²) in [6.07, 6.45) is 0. The summed E-state index contributed by atoms with van der Waals surface area (Å²) in [5.74, 6) is 0.370. The fourth-order valence-corrected chi connectivity index (χ4v) is 1.87. The maximum absolute atomic E-state index is 10.1. The average Bonchev–Trinajstić information content (AvgIpc) is 2.37. The molecule has 3 heteroatoms. The molecule has 0 heterocycles. The van der Waals surface area contributed by atoms with Crippen molar-refractivity contribution in [3.8, 4) is 11.5 Å². The summed E-state index contributed by atoms with van der Waals surface area (Å²) in [6.45, 7) is 3.63. The maximum Gasteiger partial charge on any atom is 0.163 e. The number of phenolic OH excluding ortho intramolecular Hbond substituents is 1. The number of aromatic hydroxyl groups is 1. The normalized spacial score (nSPS) is 11.3. The largest absolute Gasteiger partial charge is 0.504 e. The highest BCUT2D eigenvalue weighted by atomic mass is 16.5. The van der Waals surface area contributed by atoms with Crippen molar-refractivity contribution in [3.05, 3.63) is 59.7 Å². The molecule has 100 valence electrons. The van der Waals surface area contributed by atoms with Gasteiger partial charge >= 0.3 is 0 Å². The first-order valence-corrected chi connectivity index (χ1v) is 6.20. The second-order valence-corrected chi connectivity index (χ2v) is 4.99. The van der Waals surface area contributed by atoms with Crippen LogP contribution in [0.5, 0.6) is 11.5 Å². The molecule has 19 heavy (non-hydrogen) atoms. The summed E-state index contributed by atoms with van der Waals surface area (Å²) in [5, 5.41) is 20.1. The predicted molar refractivity (Wildman–Crippen MR) is 74.1 cm³/mol. The molecule has 0 unspecified atom stereocenters. The summed E-state index contributed by atoms with van der Waals surface area (Å²) in [7, 11) is 0. The summed E-state index contributed by atoms with van der Waals surface area (Å²) in [6, 6.07) is 14.9. The van der Waals surface area contributed by atoms with Crippen LogP contribution in [0.1, 0.15) is 25.0 Å². The molecule has 0 saturated carbocycles. The first kappa shape index (κ1) is 13.4. The quantitative estimate of drug-likeness (QED) is 0.885. The third-order valence-corrected chi connectivity index (χ3v) is 2.90. The molecule has 3 nitrogen and oxygen atoms in total. The molecule has 0 fully saturated rings. The van der Waals surface area contributed by atoms with Crippen molar-refractivity contribution in [2.75, 3.05) is 0 Å². The predicted octanol–water partition coefficient (Wildman–Crippen LogP) is 3.20. The molecular formula is C16H18O3. The van der Waals surface area contributed by atoms with Gasteiger partial charge in [-0.1, -0.05) is 42.5 Å². The van der Waals surface area contributed by atoms with Gasteiger partial charge in [-0.3, -0.25) is 0 Å². The highest BCUT2D eigenvalue weighted by Gasteiger charge is 2.22. The lowest BCUT2D eigenvalue weighted by atomic mass is 9.97. The van der Waals surface area contributed by atoms with Crippen molar-refractivity contribution in [3.63, 3.8) is 0 Å². The van der Waals surface area contributed by atoms with Gasteiger partial charge in [0.05, 0.1) is 5.60 Å². The van der Waals surface area contributed by atoms with Crippen LogP contribution in [0.4, 0.5) is 0 Å². The molecular weight excluding hydrogens is 240 g/mol. The Balaban J connectivity index is 2.18. The van der Waals surface area contributed by atoms with E-state index in [9.17, 15) is 10.2 Å². The fourth-order valence-electron chi connectivity index (χ4n) is 1.87. The summed E-state index contributed by atoms with van der Waals surface area (Å²) in [5.41, 5.74) is 0.379. The lowest BCUT2D eigenvalue weighted by Crippen LogP contribution is -2.15. The van der Waals surface area contributed by atoms with Crippen molar-refractivity contribution >= 4 is 0 Å². The lowest BCUT2D eigenvalue weighted by Gasteiger charge is -2.20. The molecule has 0 amide bonds. The van der Waals surface area contributed by atoms with Crippen molar-refractivity contribution < 1.29 is 14.9 Å². The zero-order chi connectivity index (χ0) is 13.9. The molecule has 0 spiro atoms. The Labute approximate surface area is 113 Å². The molecule has 0 aliphatic rings. The highest BCUT2D eigenvalue weighted by molar-refractivity contribution is 5.47. The SMILES string of the molecule is CC(C)(O)c1cccc(OCc2ccccc2)c1O. The highest BCUT2D eigenvalue weighted by Crippen LogP contribution is 2.36. The topological polar surface area (TPSA) is 49.7 Å². The molecule has 2 rings (SSSR count). The third kappa shape index (κ3) is 3.26. The Bertz CT molecular complexity index is 542. The Morgan fingerprint density at radius 3 is 2.32 bits per heavy atom. The van der Waals surface area contributed by atoms with E-state index in [0.29, 0.717) is 17.9 Å². The monoisotopic (exact) mass is 258 g/mol. The van der Waals surface area contributed by atoms with Crippen molar-refractivity contribution in [2.24, 2.45) is 0 Å². The molecule has 2 aromatic carbocycles. The van der Waals surface area contributed by atoms with E-state index in [1.54, 1.807) is 32.0 Å². The van der Waals surface area contributed by atoms with Crippen molar-refractivity contribution in [1.82, 2.24) is 0 Å². The van der Waals surface area contributed by atoms with Gasteiger partial charge in [0, 0.05) is 5.56 Å². The zero-order valence-corrected chi connectivity index (χ0v) is 11.1. The maximum atomic E-state index is 10.1. The second-order valence-electron chi connectivity index (χ2n) is 4.99. The number of phenols is 1. The van der Waals surface area contributed by atoms with Crippen LogP contribution in [0.15, 0.2) is 48.5 Å². The zero-order valence-electron chi connectivity index (χ0n) is 11.1. The molecule has 0 atom stereocenters. The van der Waals surface area contributed by atoms with Crippen LogP contribution in [0.3, 0.4) is 0 Å². The van der Waals surface area contributed by atoms with Crippen LogP contribution >= 0.6 is 0 Å².